The monoisotopic (exact) mass is 220 g/mol. The highest BCUT2D eigenvalue weighted by atomic mass is 16.1. The van der Waals surface area contributed by atoms with E-state index >= 15 is 0 Å². The molecule has 0 aliphatic heterocycles. The van der Waals surface area contributed by atoms with Crippen molar-refractivity contribution in [3.8, 4) is 0 Å². The summed E-state index contributed by atoms with van der Waals surface area (Å²) in [7, 11) is 0. The normalized spacial score (nSPS) is 9.88. The maximum Gasteiger partial charge on any atom is 0.207 e. The van der Waals surface area contributed by atoms with Gasteiger partial charge in [-0.2, -0.15) is 0 Å². The number of amides is 2. The molecule has 0 unspecified atom stereocenters. The number of hydrogen-bond acceptors (Lipinski definition) is 2. The minimum Gasteiger partial charge on any atom is -0.358 e. The van der Waals surface area contributed by atoms with Gasteiger partial charge in [0.25, 0.3) is 0 Å². The minimum atomic E-state index is 0.107. The van der Waals surface area contributed by atoms with E-state index in [1.807, 2.05) is 31.2 Å². The Kier molecular flexibility index (Phi) is 5.05. The lowest BCUT2D eigenvalue weighted by atomic mass is 9.98. The van der Waals surface area contributed by atoms with E-state index in [9.17, 15) is 9.59 Å². The predicted molar refractivity (Wildman–Crippen MR) is 62.1 cm³/mol. The van der Waals surface area contributed by atoms with E-state index in [1.165, 1.54) is 5.56 Å². The van der Waals surface area contributed by atoms with Crippen LogP contribution in [0.2, 0.25) is 0 Å². The molecule has 0 heterocycles. The van der Waals surface area contributed by atoms with Crippen molar-refractivity contribution in [2.24, 2.45) is 0 Å². The molecule has 16 heavy (non-hydrogen) atoms. The highest BCUT2D eigenvalue weighted by molar-refractivity contribution is 5.47. The number of hydrogen-bond donors (Lipinski definition) is 2. The second-order valence-corrected chi connectivity index (χ2v) is 3.66. The Labute approximate surface area is 95.0 Å². The smallest absolute Gasteiger partial charge is 0.207 e. The quantitative estimate of drug-likeness (QED) is 0.660. The second kappa shape index (κ2) is 6.61. The zero-order valence-corrected chi connectivity index (χ0v) is 9.27. The molecule has 0 radical (unpaired) electrons. The lowest BCUT2D eigenvalue weighted by Gasteiger charge is -2.16. The topological polar surface area (TPSA) is 58.2 Å². The Morgan fingerprint density at radius 1 is 1.06 bits per heavy atom. The van der Waals surface area contributed by atoms with Gasteiger partial charge in [-0.25, -0.2) is 0 Å². The van der Waals surface area contributed by atoms with Crippen molar-refractivity contribution in [1.82, 2.24) is 10.6 Å². The highest BCUT2D eigenvalue weighted by Crippen LogP contribution is 2.14. The first kappa shape index (κ1) is 12.2. The van der Waals surface area contributed by atoms with E-state index in [1.54, 1.807) is 0 Å². The van der Waals surface area contributed by atoms with E-state index in [0.717, 1.165) is 5.56 Å². The molecule has 2 amide bonds. The zero-order chi connectivity index (χ0) is 11.8. The third kappa shape index (κ3) is 3.73. The summed E-state index contributed by atoms with van der Waals surface area (Å²) in [5, 5.41) is 5.27. The fraction of sp³-hybridized carbons (Fsp3) is 0.333. The molecular formula is C12H16N2O2. The minimum absolute atomic E-state index is 0.107. The molecule has 0 atom stereocenters. The summed E-state index contributed by atoms with van der Waals surface area (Å²) in [6, 6.07) is 8.06. The summed E-state index contributed by atoms with van der Waals surface area (Å²) < 4.78 is 0. The zero-order valence-electron chi connectivity index (χ0n) is 9.27. The van der Waals surface area contributed by atoms with Crippen molar-refractivity contribution in [2.45, 2.75) is 12.8 Å². The molecule has 2 N–H and O–H groups in total. The lowest BCUT2D eigenvalue weighted by molar-refractivity contribution is -0.109. The van der Waals surface area contributed by atoms with E-state index in [0.29, 0.717) is 25.9 Å². The summed E-state index contributed by atoms with van der Waals surface area (Å²) in [4.78, 5) is 20.5. The number of carbonyl (C=O) groups excluding carboxylic acids is 2. The number of nitrogens with one attached hydrogen (secondary N) is 2. The van der Waals surface area contributed by atoms with Crippen molar-refractivity contribution >= 4 is 12.8 Å². The van der Waals surface area contributed by atoms with Gasteiger partial charge in [0.2, 0.25) is 12.8 Å². The summed E-state index contributed by atoms with van der Waals surface area (Å²) in [5.74, 6) is 0.107. The first-order valence-corrected chi connectivity index (χ1v) is 5.18. The van der Waals surface area contributed by atoms with Gasteiger partial charge < -0.3 is 10.6 Å². The van der Waals surface area contributed by atoms with Gasteiger partial charge in [-0.05, 0) is 12.5 Å². The molecule has 0 aliphatic rings. The number of rotatable bonds is 7. The summed E-state index contributed by atoms with van der Waals surface area (Å²) in [6.07, 6.45) is 1.34. The van der Waals surface area contributed by atoms with Crippen LogP contribution in [0.25, 0.3) is 0 Å². The number of aryl methyl sites for hydroxylation is 1. The maximum atomic E-state index is 10.3. The Hall–Kier alpha value is -1.84. The SMILES string of the molecule is Cc1ccc(C(CNC=O)CNC=O)cc1. The van der Waals surface area contributed by atoms with Crippen LogP contribution in [0.4, 0.5) is 0 Å². The van der Waals surface area contributed by atoms with Crippen LogP contribution in [-0.2, 0) is 9.59 Å². The first-order valence-electron chi connectivity index (χ1n) is 5.18. The first-order chi connectivity index (χ1) is 7.77. The average Bonchev–Trinajstić information content (AvgIpc) is 2.31. The van der Waals surface area contributed by atoms with Gasteiger partial charge in [0, 0.05) is 19.0 Å². The van der Waals surface area contributed by atoms with Crippen molar-refractivity contribution < 1.29 is 9.59 Å². The standard InChI is InChI=1S/C12H16N2O2/c1-10-2-4-11(5-3-10)12(6-13-8-15)7-14-9-16/h2-5,8-9,12H,6-7H2,1H3,(H,13,15)(H,14,16). The molecular weight excluding hydrogens is 204 g/mol. The highest BCUT2D eigenvalue weighted by Gasteiger charge is 2.10. The molecule has 1 aromatic rings. The van der Waals surface area contributed by atoms with Crippen LogP contribution in [0.3, 0.4) is 0 Å². The molecule has 1 aromatic carbocycles. The Morgan fingerprint density at radius 3 is 2.00 bits per heavy atom. The summed E-state index contributed by atoms with van der Waals surface area (Å²) in [6.45, 7) is 3.06. The van der Waals surface area contributed by atoms with Gasteiger partial charge in [-0.15, -0.1) is 0 Å². The van der Waals surface area contributed by atoms with Gasteiger partial charge in [-0.1, -0.05) is 29.8 Å². The molecule has 4 nitrogen and oxygen atoms in total. The predicted octanol–water partition coefficient (Wildman–Crippen LogP) is 0.571. The molecule has 0 bridgehead atoms. The van der Waals surface area contributed by atoms with Crippen LogP contribution in [0, 0.1) is 6.92 Å². The summed E-state index contributed by atoms with van der Waals surface area (Å²) in [5.41, 5.74) is 2.29. The van der Waals surface area contributed by atoms with E-state index < -0.39 is 0 Å². The van der Waals surface area contributed by atoms with Crippen molar-refractivity contribution in [3.63, 3.8) is 0 Å². The third-order valence-corrected chi connectivity index (χ3v) is 2.44. The number of benzene rings is 1. The molecule has 4 heteroatoms. The molecule has 1 rings (SSSR count). The fourth-order valence-corrected chi connectivity index (χ4v) is 1.53. The van der Waals surface area contributed by atoms with Gasteiger partial charge in [0.1, 0.15) is 0 Å². The second-order valence-electron chi connectivity index (χ2n) is 3.66. The fourth-order valence-electron chi connectivity index (χ4n) is 1.53. The average molecular weight is 220 g/mol. The Bertz CT molecular complexity index is 323. The van der Waals surface area contributed by atoms with Crippen molar-refractivity contribution in [3.05, 3.63) is 35.4 Å². The molecule has 86 valence electrons. The van der Waals surface area contributed by atoms with Gasteiger partial charge >= 0.3 is 0 Å². The molecule has 0 spiro atoms. The van der Waals surface area contributed by atoms with Crippen LogP contribution < -0.4 is 10.6 Å². The van der Waals surface area contributed by atoms with Crippen LogP contribution >= 0.6 is 0 Å². The van der Waals surface area contributed by atoms with Crippen molar-refractivity contribution in [1.29, 1.82) is 0 Å². The van der Waals surface area contributed by atoms with Crippen LogP contribution in [0.15, 0.2) is 24.3 Å². The molecule has 0 aromatic heterocycles. The molecule has 0 saturated carbocycles. The van der Waals surface area contributed by atoms with Gasteiger partial charge in [-0.3, -0.25) is 9.59 Å². The van der Waals surface area contributed by atoms with E-state index in [2.05, 4.69) is 10.6 Å². The largest absolute Gasteiger partial charge is 0.358 e. The molecule has 0 saturated heterocycles. The van der Waals surface area contributed by atoms with Gasteiger partial charge in [0.05, 0.1) is 0 Å². The Balaban J connectivity index is 2.69. The third-order valence-electron chi connectivity index (χ3n) is 2.44. The number of carbonyl (C=O) groups is 2. The van der Waals surface area contributed by atoms with Crippen LogP contribution in [-0.4, -0.2) is 25.9 Å². The summed E-state index contributed by atoms with van der Waals surface area (Å²) >= 11 is 0. The maximum absolute atomic E-state index is 10.3. The van der Waals surface area contributed by atoms with Crippen LogP contribution in [0.1, 0.15) is 17.0 Å². The van der Waals surface area contributed by atoms with E-state index in [4.69, 9.17) is 0 Å². The lowest BCUT2D eigenvalue weighted by Crippen LogP contribution is -2.28. The van der Waals surface area contributed by atoms with Crippen molar-refractivity contribution in [2.75, 3.05) is 13.1 Å². The van der Waals surface area contributed by atoms with Gasteiger partial charge in [0.15, 0.2) is 0 Å². The molecule has 0 fully saturated rings. The Morgan fingerprint density at radius 2 is 1.56 bits per heavy atom. The van der Waals surface area contributed by atoms with Crippen LogP contribution in [0.5, 0.6) is 0 Å². The van der Waals surface area contributed by atoms with E-state index in [-0.39, 0.29) is 5.92 Å². The molecule has 0 aliphatic carbocycles.